The summed E-state index contributed by atoms with van der Waals surface area (Å²) in [6.07, 6.45) is 0. The first-order valence-electron chi connectivity index (χ1n) is 18.8. The van der Waals surface area contributed by atoms with Crippen molar-refractivity contribution in [1.82, 2.24) is 0 Å². The average molecular weight is 764 g/mol. The first kappa shape index (κ1) is 33.1. The lowest BCUT2D eigenvalue weighted by Crippen LogP contribution is -1.92. The van der Waals surface area contributed by atoms with Gasteiger partial charge >= 0.3 is 0 Å². The van der Waals surface area contributed by atoms with Gasteiger partial charge in [-0.1, -0.05) is 192 Å². The molecule has 55 heavy (non-hydrogen) atoms. The van der Waals surface area contributed by atoms with Gasteiger partial charge in [0.1, 0.15) is 0 Å². The summed E-state index contributed by atoms with van der Waals surface area (Å²) in [4.78, 5) is 0. The predicted octanol–water partition coefficient (Wildman–Crippen LogP) is 15.9. The van der Waals surface area contributed by atoms with Gasteiger partial charge in [-0.25, -0.2) is 0 Å². The van der Waals surface area contributed by atoms with Crippen molar-refractivity contribution in [1.29, 1.82) is 0 Å². The van der Waals surface area contributed by atoms with Crippen LogP contribution in [-0.2, 0) is 0 Å². The van der Waals surface area contributed by atoms with Gasteiger partial charge < -0.3 is 0 Å². The van der Waals surface area contributed by atoms with Crippen LogP contribution in [0.5, 0.6) is 0 Å². The van der Waals surface area contributed by atoms with Crippen molar-refractivity contribution in [2.45, 2.75) is 0 Å². The maximum Gasteiger partial charge on any atom is 0.0187 e. The lowest BCUT2D eigenvalue weighted by molar-refractivity contribution is 1.55. The highest BCUT2D eigenvalue weighted by Crippen LogP contribution is 2.45. The molecule has 0 aromatic heterocycles. The molecule has 0 nitrogen and oxygen atoms in total. The molecular formula is C54H35Br. The smallest absolute Gasteiger partial charge is 0.0187 e. The second kappa shape index (κ2) is 14.0. The van der Waals surface area contributed by atoms with E-state index < -0.39 is 0 Å². The highest BCUT2D eigenvalue weighted by atomic mass is 79.9. The van der Waals surface area contributed by atoms with Crippen LogP contribution in [0.1, 0.15) is 0 Å². The minimum absolute atomic E-state index is 1.04. The lowest BCUT2D eigenvalue weighted by atomic mass is 9.85. The van der Waals surface area contributed by atoms with Crippen LogP contribution in [0.25, 0.3) is 99.1 Å². The Morgan fingerprint density at radius 3 is 1.22 bits per heavy atom. The van der Waals surface area contributed by atoms with Crippen LogP contribution >= 0.6 is 15.9 Å². The molecule has 10 aromatic carbocycles. The van der Waals surface area contributed by atoms with E-state index in [4.69, 9.17) is 0 Å². The van der Waals surface area contributed by atoms with E-state index in [9.17, 15) is 0 Å². The number of hydrogen-bond donors (Lipinski definition) is 0. The van der Waals surface area contributed by atoms with Crippen molar-refractivity contribution in [3.8, 4) is 66.8 Å². The second-order valence-corrected chi connectivity index (χ2v) is 15.1. The molecule has 0 saturated carbocycles. The SMILES string of the molecule is Brc1cc(-c2cc(-c3ccccc3)cc(-c3ccccc3)c2)cc(-c2ccc(-c3cccc4ccccc34)c3c(-c4cccc5ccccc45)cccc23)c1. The molecule has 0 aliphatic heterocycles. The number of fused-ring (bicyclic) bond motifs is 3. The minimum Gasteiger partial charge on any atom is -0.0622 e. The number of benzene rings is 10. The van der Waals surface area contributed by atoms with Gasteiger partial charge in [-0.3, -0.25) is 0 Å². The van der Waals surface area contributed by atoms with Gasteiger partial charge in [0.05, 0.1) is 0 Å². The third-order valence-electron chi connectivity index (χ3n) is 10.9. The molecule has 0 aliphatic rings. The molecule has 0 atom stereocenters. The van der Waals surface area contributed by atoms with Gasteiger partial charge in [-0.2, -0.15) is 0 Å². The fraction of sp³-hybridized carbons (Fsp3) is 0. The van der Waals surface area contributed by atoms with Crippen molar-refractivity contribution >= 4 is 48.2 Å². The third-order valence-corrected chi connectivity index (χ3v) is 11.3. The highest BCUT2D eigenvalue weighted by molar-refractivity contribution is 9.10. The van der Waals surface area contributed by atoms with Crippen LogP contribution in [0, 0.1) is 0 Å². The Labute approximate surface area is 330 Å². The molecule has 0 spiro atoms. The third kappa shape index (κ3) is 6.13. The van der Waals surface area contributed by atoms with Gasteiger partial charge in [-0.05, 0) is 135 Å². The van der Waals surface area contributed by atoms with Crippen LogP contribution < -0.4 is 0 Å². The van der Waals surface area contributed by atoms with E-state index in [-0.39, 0.29) is 0 Å². The largest absolute Gasteiger partial charge is 0.0622 e. The Morgan fingerprint density at radius 2 is 0.618 bits per heavy atom. The van der Waals surface area contributed by atoms with Crippen molar-refractivity contribution in [2.24, 2.45) is 0 Å². The van der Waals surface area contributed by atoms with Gasteiger partial charge in [0.2, 0.25) is 0 Å². The van der Waals surface area contributed by atoms with Crippen LogP contribution in [0.15, 0.2) is 217 Å². The van der Waals surface area contributed by atoms with E-state index in [2.05, 4.69) is 228 Å². The molecule has 10 aromatic rings. The monoisotopic (exact) mass is 762 g/mol. The van der Waals surface area contributed by atoms with Crippen LogP contribution in [-0.4, -0.2) is 0 Å². The molecule has 1 heteroatoms. The van der Waals surface area contributed by atoms with Crippen molar-refractivity contribution < 1.29 is 0 Å². The Balaban J connectivity index is 1.22. The summed E-state index contributed by atoms with van der Waals surface area (Å²) in [5, 5.41) is 7.47. The van der Waals surface area contributed by atoms with Crippen molar-refractivity contribution in [3.05, 3.63) is 217 Å². The summed E-state index contributed by atoms with van der Waals surface area (Å²) in [6, 6.07) is 77.5. The van der Waals surface area contributed by atoms with E-state index in [0.29, 0.717) is 0 Å². The Hall–Kier alpha value is -6.54. The summed E-state index contributed by atoms with van der Waals surface area (Å²) < 4.78 is 1.04. The molecule has 0 radical (unpaired) electrons. The Kier molecular flexibility index (Phi) is 8.43. The van der Waals surface area contributed by atoms with Gasteiger partial charge in [-0.15, -0.1) is 0 Å². The first-order chi connectivity index (χ1) is 27.2. The molecule has 0 heterocycles. The van der Waals surface area contributed by atoms with Crippen molar-refractivity contribution in [2.75, 3.05) is 0 Å². The van der Waals surface area contributed by atoms with Gasteiger partial charge in [0, 0.05) is 4.47 Å². The topological polar surface area (TPSA) is 0 Å². The molecule has 0 N–H and O–H groups in total. The van der Waals surface area contributed by atoms with Gasteiger partial charge in [0.15, 0.2) is 0 Å². The molecule has 0 amide bonds. The van der Waals surface area contributed by atoms with E-state index in [0.717, 1.165) is 10.0 Å². The average Bonchev–Trinajstić information content (AvgIpc) is 3.25. The standard InChI is InChI=1S/C54H35Br/c55-45-34-43(42-31-40(36-14-3-1-4-15-36)30-41(32-42)37-16-5-2-6-17-37)33-44(35-45)48-28-29-53(50-25-12-21-39-19-8-10-23-47(39)50)54-51(48)26-13-27-52(54)49-24-11-20-38-18-7-9-22-46(38)49/h1-35H. The zero-order valence-electron chi connectivity index (χ0n) is 30.1. The summed E-state index contributed by atoms with van der Waals surface area (Å²) in [5.41, 5.74) is 14.5. The maximum atomic E-state index is 3.96. The highest BCUT2D eigenvalue weighted by Gasteiger charge is 2.18. The van der Waals surface area contributed by atoms with Crippen LogP contribution in [0.4, 0.5) is 0 Å². The predicted molar refractivity (Wildman–Crippen MR) is 239 cm³/mol. The normalized spacial score (nSPS) is 11.4. The number of rotatable bonds is 6. The van der Waals surface area contributed by atoms with Crippen LogP contribution in [0.2, 0.25) is 0 Å². The van der Waals surface area contributed by atoms with E-state index in [1.165, 1.54) is 93.5 Å². The van der Waals surface area contributed by atoms with E-state index in [1.54, 1.807) is 0 Å². The molecule has 0 fully saturated rings. The number of hydrogen-bond acceptors (Lipinski definition) is 0. The quantitative estimate of drug-likeness (QED) is 0.158. The Bertz CT molecular complexity index is 2880. The zero-order chi connectivity index (χ0) is 36.7. The van der Waals surface area contributed by atoms with E-state index >= 15 is 0 Å². The molecule has 258 valence electrons. The van der Waals surface area contributed by atoms with Crippen LogP contribution in [0.3, 0.4) is 0 Å². The zero-order valence-corrected chi connectivity index (χ0v) is 31.7. The lowest BCUT2D eigenvalue weighted by Gasteiger charge is -2.19. The molecular weight excluding hydrogens is 728 g/mol. The summed E-state index contributed by atoms with van der Waals surface area (Å²) in [6.45, 7) is 0. The van der Waals surface area contributed by atoms with Crippen molar-refractivity contribution in [3.63, 3.8) is 0 Å². The summed E-state index contributed by atoms with van der Waals surface area (Å²) in [7, 11) is 0. The fourth-order valence-corrected chi connectivity index (χ4v) is 8.82. The summed E-state index contributed by atoms with van der Waals surface area (Å²) >= 11 is 3.96. The minimum atomic E-state index is 1.04. The molecule has 0 bridgehead atoms. The molecule has 0 saturated heterocycles. The fourth-order valence-electron chi connectivity index (χ4n) is 8.33. The van der Waals surface area contributed by atoms with Gasteiger partial charge in [0.25, 0.3) is 0 Å². The Morgan fingerprint density at radius 1 is 0.236 bits per heavy atom. The molecule has 0 aliphatic carbocycles. The number of halogens is 1. The van der Waals surface area contributed by atoms with E-state index in [1.807, 2.05) is 0 Å². The first-order valence-corrected chi connectivity index (χ1v) is 19.6. The maximum absolute atomic E-state index is 3.96. The molecule has 10 rings (SSSR count). The molecule has 0 unspecified atom stereocenters. The second-order valence-electron chi connectivity index (χ2n) is 14.2. The summed E-state index contributed by atoms with van der Waals surface area (Å²) in [5.74, 6) is 0.